The number of aromatic nitrogens is 2. The summed E-state index contributed by atoms with van der Waals surface area (Å²) in [6.45, 7) is -0.327. The van der Waals surface area contributed by atoms with E-state index < -0.39 is 5.82 Å². The Morgan fingerprint density at radius 3 is 2.95 bits per heavy atom. The average molecular weight is 305 g/mol. The number of nitrogens with two attached hydrogens (primary N) is 1. The highest BCUT2D eigenvalue weighted by Crippen LogP contribution is 2.20. The van der Waals surface area contributed by atoms with Crippen LogP contribution in [0.15, 0.2) is 34.2 Å². The number of rotatable bonds is 3. The van der Waals surface area contributed by atoms with E-state index in [0.717, 1.165) is 5.56 Å². The van der Waals surface area contributed by atoms with Gasteiger partial charge < -0.3 is 15.8 Å². The number of nitrogen functional groups attached to an aromatic ring is 1. The Balaban J connectivity index is 2.14. The van der Waals surface area contributed by atoms with Crippen LogP contribution in [0.25, 0.3) is 0 Å². The smallest absolute Gasteiger partial charge is 0.253 e. The van der Waals surface area contributed by atoms with Gasteiger partial charge in [-0.15, -0.1) is 0 Å². The van der Waals surface area contributed by atoms with E-state index in [-0.39, 0.29) is 23.5 Å². The Bertz CT molecular complexity index is 765. The number of aromatic amines is 1. The second kappa shape index (κ2) is 6.92. The molecule has 0 amide bonds. The third kappa shape index (κ3) is 4.34. The van der Waals surface area contributed by atoms with Crippen LogP contribution < -0.4 is 11.3 Å². The molecule has 0 aliphatic heterocycles. The van der Waals surface area contributed by atoms with E-state index in [4.69, 9.17) is 10.8 Å². The fourth-order valence-electron chi connectivity index (χ4n) is 1.57. The summed E-state index contributed by atoms with van der Waals surface area (Å²) >= 11 is 1.27. The van der Waals surface area contributed by atoms with Crippen LogP contribution in [0.4, 0.5) is 10.2 Å². The van der Waals surface area contributed by atoms with Crippen LogP contribution in [0.3, 0.4) is 0 Å². The lowest BCUT2D eigenvalue weighted by Gasteiger charge is -2.03. The van der Waals surface area contributed by atoms with Crippen LogP contribution in [0.2, 0.25) is 0 Å². The minimum Gasteiger partial charge on any atom is -0.384 e. The zero-order chi connectivity index (χ0) is 15.2. The van der Waals surface area contributed by atoms with Crippen molar-refractivity contribution < 1.29 is 9.50 Å². The van der Waals surface area contributed by atoms with Crippen molar-refractivity contribution in [2.45, 2.75) is 10.9 Å². The molecule has 0 atom stereocenters. The molecule has 1 heterocycles. The number of benzene rings is 1. The van der Waals surface area contributed by atoms with Gasteiger partial charge in [0.05, 0.1) is 5.56 Å². The molecule has 5 nitrogen and oxygen atoms in total. The van der Waals surface area contributed by atoms with Crippen LogP contribution in [0.1, 0.15) is 11.1 Å². The molecule has 0 aliphatic carbocycles. The first-order valence-electron chi connectivity index (χ1n) is 5.96. The molecule has 0 aliphatic rings. The number of thioether (sulfide) groups is 1. The van der Waals surface area contributed by atoms with E-state index in [1.54, 1.807) is 12.1 Å². The summed E-state index contributed by atoms with van der Waals surface area (Å²) in [6, 6.07) is 5.73. The molecule has 1 aromatic heterocycles. The molecule has 2 rings (SSSR count). The summed E-state index contributed by atoms with van der Waals surface area (Å²) in [5.41, 5.74) is 6.20. The fourth-order valence-corrected chi connectivity index (χ4v) is 2.39. The quantitative estimate of drug-likeness (QED) is 0.449. The normalized spacial score (nSPS) is 10.0. The number of nitrogens with one attached hydrogen (secondary N) is 1. The molecular formula is C14H12FN3O2S. The molecule has 7 heteroatoms. The summed E-state index contributed by atoms with van der Waals surface area (Å²) in [5, 5.41) is 9.03. The summed E-state index contributed by atoms with van der Waals surface area (Å²) < 4.78 is 13.5. The number of aliphatic hydroxyl groups excluding tert-OH is 1. The predicted octanol–water partition coefficient (Wildman–Crippen LogP) is 1.13. The van der Waals surface area contributed by atoms with Crippen molar-refractivity contribution in [1.82, 2.24) is 9.97 Å². The molecule has 0 radical (unpaired) electrons. The number of hydrogen-bond acceptors (Lipinski definition) is 5. The number of nitrogens with zero attached hydrogens (tertiary/aromatic N) is 1. The van der Waals surface area contributed by atoms with Crippen LogP contribution in [-0.4, -0.2) is 21.7 Å². The second-order valence-electron chi connectivity index (χ2n) is 4.04. The van der Waals surface area contributed by atoms with Gasteiger partial charge in [-0.1, -0.05) is 29.7 Å². The van der Waals surface area contributed by atoms with Gasteiger partial charge in [0.1, 0.15) is 18.2 Å². The Morgan fingerprint density at radius 2 is 2.24 bits per heavy atom. The van der Waals surface area contributed by atoms with Crippen molar-refractivity contribution in [2.75, 3.05) is 12.3 Å². The average Bonchev–Trinajstić information content (AvgIpc) is 2.44. The summed E-state index contributed by atoms with van der Waals surface area (Å²) in [4.78, 5) is 17.8. The second-order valence-corrected chi connectivity index (χ2v) is 5.00. The molecule has 108 valence electrons. The minimum absolute atomic E-state index is 0.148. The van der Waals surface area contributed by atoms with Crippen molar-refractivity contribution in [3.8, 4) is 11.8 Å². The van der Waals surface area contributed by atoms with E-state index >= 15 is 0 Å². The third-order valence-electron chi connectivity index (χ3n) is 2.45. The van der Waals surface area contributed by atoms with E-state index in [1.165, 1.54) is 23.9 Å². The molecule has 0 unspecified atom stereocenters. The molecule has 0 spiro atoms. The first-order chi connectivity index (χ1) is 10.1. The minimum atomic E-state index is -0.444. The van der Waals surface area contributed by atoms with Crippen LogP contribution in [0.5, 0.6) is 0 Å². The maximum absolute atomic E-state index is 13.5. The lowest BCUT2D eigenvalue weighted by atomic mass is 10.1. The SMILES string of the molecule is Nc1cc(=O)[nH]c(SCc2ccc(F)c(C#CCO)c2)n1. The molecule has 0 saturated carbocycles. The first kappa shape index (κ1) is 15.1. The standard InChI is InChI=1S/C14H12FN3O2S/c15-11-4-3-9(6-10(11)2-1-5-19)8-21-14-17-12(16)7-13(20)18-14/h3-4,6-7,19H,5,8H2,(H3,16,17,18,20). The van der Waals surface area contributed by atoms with E-state index in [2.05, 4.69) is 21.8 Å². The van der Waals surface area contributed by atoms with Crippen LogP contribution in [-0.2, 0) is 5.75 Å². The molecule has 1 aromatic carbocycles. The monoisotopic (exact) mass is 305 g/mol. The van der Waals surface area contributed by atoms with Crippen molar-refractivity contribution >= 4 is 17.6 Å². The van der Waals surface area contributed by atoms with E-state index in [1.807, 2.05) is 0 Å². The van der Waals surface area contributed by atoms with Gasteiger partial charge >= 0.3 is 0 Å². The van der Waals surface area contributed by atoms with Gasteiger partial charge in [-0.25, -0.2) is 9.37 Å². The predicted molar refractivity (Wildman–Crippen MR) is 79.2 cm³/mol. The maximum atomic E-state index is 13.5. The van der Waals surface area contributed by atoms with Gasteiger partial charge in [0.2, 0.25) is 0 Å². The molecule has 0 bridgehead atoms. The molecular weight excluding hydrogens is 293 g/mol. The first-order valence-corrected chi connectivity index (χ1v) is 6.95. The molecule has 0 saturated heterocycles. The molecule has 21 heavy (non-hydrogen) atoms. The lowest BCUT2D eigenvalue weighted by molar-refractivity contribution is 0.350. The fraction of sp³-hybridized carbons (Fsp3) is 0.143. The highest BCUT2D eigenvalue weighted by Gasteiger charge is 2.04. The molecule has 4 N–H and O–H groups in total. The van der Waals surface area contributed by atoms with Crippen molar-refractivity contribution in [2.24, 2.45) is 0 Å². The van der Waals surface area contributed by atoms with Crippen molar-refractivity contribution in [3.63, 3.8) is 0 Å². The maximum Gasteiger partial charge on any atom is 0.253 e. The third-order valence-corrected chi connectivity index (χ3v) is 3.39. The van der Waals surface area contributed by atoms with Crippen LogP contribution in [0, 0.1) is 17.7 Å². The number of anilines is 1. The lowest BCUT2D eigenvalue weighted by Crippen LogP contribution is -2.09. The number of H-pyrrole nitrogens is 1. The largest absolute Gasteiger partial charge is 0.384 e. The van der Waals surface area contributed by atoms with E-state index in [9.17, 15) is 9.18 Å². The summed E-state index contributed by atoms with van der Waals surface area (Å²) in [6.07, 6.45) is 0. The van der Waals surface area contributed by atoms with Gasteiger partial charge in [0, 0.05) is 11.8 Å². The van der Waals surface area contributed by atoms with Gasteiger partial charge in [-0.3, -0.25) is 4.79 Å². The van der Waals surface area contributed by atoms with Gasteiger partial charge in [-0.2, -0.15) is 0 Å². The Labute approximate surface area is 124 Å². The Morgan fingerprint density at radius 1 is 1.43 bits per heavy atom. The molecule has 2 aromatic rings. The number of hydrogen-bond donors (Lipinski definition) is 3. The summed E-state index contributed by atoms with van der Waals surface area (Å²) in [5.74, 6) is 5.12. The van der Waals surface area contributed by atoms with Crippen LogP contribution >= 0.6 is 11.8 Å². The Hall–Kier alpha value is -2.30. The number of halogens is 1. The van der Waals surface area contributed by atoms with Crippen molar-refractivity contribution in [1.29, 1.82) is 0 Å². The zero-order valence-corrected chi connectivity index (χ0v) is 11.7. The highest BCUT2D eigenvalue weighted by atomic mass is 32.2. The van der Waals surface area contributed by atoms with Gasteiger partial charge in [0.25, 0.3) is 5.56 Å². The summed E-state index contributed by atoms with van der Waals surface area (Å²) in [7, 11) is 0. The van der Waals surface area contributed by atoms with Crippen molar-refractivity contribution in [3.05, 3.63) is 51.6 Å². The zero-order valence-electron chi connectivity index (χ0n) is 10.9. The van der Waals surface area contributed by atoms with Gasteiger partial charge in [-0.05, 0) is 17.7 Å². The topological polar surface area (TPSA) is 92.0 Å². The Kier molecular flexibility index (Phi) is 4.98. The molecule has 0 fully saturated rings. The number of aliphatic hydroxyl groups is 1. The van der Waals surface area contributed by atoms with Gasteiger partial charge in [0.15, 0.2) is 5.16 Å². The van der Waals surface area contributed by atoms with E-state index in [0.29, 0.717) is 10.9 Å². The highest BCUT2D eigenvalue weighted by molar-refractivity contribution is 7.98.